The number of hydrogen-bond acceptors (Lipinski definition) is 2. The Morgan fingerprint density at radius 3 is 2.52 bits per heavy atom. The molecule has 1 N–H and O–H groups in total. The summed E-state index contributed by atoms with van der Waals surface area (Å²) in [5.41, 5.74) is 1.14. The standard InChI is InChI=1S/C20H25NO2/c1-14(2)19(22)21-17-7-8-18(21)13-20(23,12-17)10-9-16-6-4-5-15(3)11-16/h4-6,11,14,17-18,23H,7-8,12-13H2,1-3H3. The predicted molar refractivity (Wildman–Crippen MR) is 90.7 cm³/mol. The van der Waals surface area contributed by atoms with Gasteiger partial charge in [0.05, 0.1) is 0 Å². The number of hydrogen-bond donors (Lipinski definition) is 1. The van der Waals surface area contributed by atoms with Gasteiger partial charge in [0.1, 0.15) is 5.60 Å². The van der Waals surface area contributed by atoms with Gasteiger partial charge in [-0.05, 0) is 37.5 Å². The summed E-state index contributed by atoms with van der Waals surface area (Å²) in [5, 5.41) is 10.9. The van der Waals surface area contributed by atoms with Crippen molar-refractivity contribution < 1.29 is 9.90 Å². The van der Waals surface area contributed by atoms with E-state index in [4.69, 9.17) is 0 Å². The second-order valence-corrected chi connectivity index (χ2v) is 7.34. The molecule has 0 radical (unpaired) electrons. The molecule has 1 aromatic rings. The normalized spacial score (nSPS) is 29.3. The van der Waals surface area contributed by atoms with Gasteiger partial charge < -0.3 is 10.0 Å². The van der Waals surface area contributed by atoms with Crippen LogP contribution in [0, 0.1) is 24.7 Å². The van der Waals surface area contributed by atoms with Crippen LogP contribution >= 0.6 is 0 Å². The summed E-state index contributed by atoms with van der Waals surface area (Å²) in [4.78, 5) is 14.4. The molecular weight excluding hydrogens is 286 g/mol. The number of aliphatic hydroxyl groups is 1. The van der Waals surface area contributed by atoms with Crippen LogP contribution in [-0.2, 0) is 4.79 Å². The monoisotopic (exact) mass is 311 g/mol. The summed E-state index contributed by atoms with van der Waals surface area (Å²) < 4.78 is 0. The molecule has 3 nitrogen and oxygen atoms in total. The first-order chi connectivity index (χ1) is 10.9. The average molecular weight is 311 g/mol. The Hall–Kier alpha value is -1.79. The summed E-state index contributed by atoms with van der Waals surface area (Å²) in [7, 11) is 0. The molecule has 1 amide bonds. The Morgan fingerprint density at radius 2 is 1.96 bits per heavy atom. The van der Waals surface area contributed by atoms with Gasteiger partial charge in [-0.1, -0.05) is 37.8 Å². The molecule has 0 spiro atoms. The second kappa shape index (κ2) is 6.02. The average Bonchev–Trinajstić information content (AvgIpc) is 2.77. The van der Waals surface area contributed by atoms with Gasteiger partial charge in [-0.3, -0.25) is 4.79 Å². The zero-order valence-corrected chi connectivity index (χ0v) is 14.2. The summed E-state index contributed by atoms with van der Waals surface area (Å²) in [6.07, 6.45) is 3.11. The van der Waals surface area contributed by atoms with Gasteiger partial charge >= 0.3 is 0 Å². The number of rotatable bonds is 1. The zero-order valence-electron chi connectivity index (χ0n) is 14.2. The van der Waals surface area contributed by atoms with Crippen LogP contribution < -0.4 is 0 Å². The van der Waals surface area contributed by atoms with Gasteiger partial charge in [0.2, 0.25) is 5.91 Å². The minimum absolute atomic E-state index is 0.0164. The van der Waals surface area contributed by atoms with Crippen molar-refractivity contribution in [3.63, 3.8) is 0 Å². The molecule has 2 aliphatic rings. The molecule has 0 aromatic heterocycles. The Labute approximate surface area is 138 Å². The van der Waals surface area contributed by atoms with Crippen LogP contribution in [-0.4, -0.2) is 33.6 Å². The highest BCUT2D eigenvalue weighted by atomic mass is 16.3. The van der Waals surface area contributed by atoms with Crippen molar-refractivity contribution in [3.8, 4) is 11.8 Å². The predicted octanol–water partition coefficient (Wildman–Crippen LogP) is 2.89. The lowest BCUT2D eigenvalue weighted by Gasteiger charge is -2.42. The van der Waals surface area contributed by atoms with Crippen molar-refractivity contribution in [2.45, 2.75) is 64.1 Å². The summed E-state index contributed by atoms with van der Waals surface area (Å²) >= 11 is 0. The molecule has 0 aliphatic carbocycles. The van der Waals surface area contributed by atoms with E-state index in [0.29, 0.717) is 12.8 Å². The van der Waals surface area contributed by atoms with E-state index in [1.807, 2.05) is 49.9 Å². The van der Waals surface area contributed by atoms with Crippen LogP contribution in [0.15, 0.2) is 24.3 Å². The van der Waals surface area contributed by atoms with Crippen LogP contribution in [0.4, 0.5) is 0 Å². The molecule has 2 saturated heterocycles. The van der Waals surface area contributed by atoms with Crippen LogP contribution in [0.2, 0.25) is 0 Å². The fourth-order valence-corrected chi connectivity index (χ4v) is 3.90. The van der Waals surface area contributed by atoms with Crippen LogP contribution in [0.1, 0.15) is 50.7 Å². The fourth-order valence-electron chi connectivity index (χ4n) is 3.90. The van der Waals surface area contributed by atoms with Crippen molar-refractivity contribution in [2.75, 3.05) is 0 Å². The first kappa shape index (κ1) is 16.1. The number of nitrogens with zero attached hydrogens (tertiary/aromatic N) is 1. The van der Waals surface area contributed by atoms with E-state index < -0.39 is 5.60 Å². The third kappa shape index (κ3) is 3.28. The molecule has 2 fully saturated rings. The quantitative estimate of drug-likeness (QED) is 0.810. The van der Waals surface area contributed by atoms with E-state index >= 15 is 0 Å². The number of carbonyl (C=O) groups excluding carboxylic acids is 1. The second-order valence-electron chi connectivity index (χ2n) is 7.34. The third-order valence-corrected chi connectivity index (χ3v) is 4.97. The maximum Gasteiger partial charge on any atom is 0.225 e. The lowest BCUT2D eigenvalue weighted by molar-refractivity contribution is -0.142. The molecule has 2 heterocycles. The van der Waals surface area contributed by atoms with Gasteiger partial charge in [0.15, 0.2) is 0 Å². The first-order valence-electron chi connectivity index (χ1n) is 8.52. The number of aryl methyl sites for hydroxylation is 1. The lowest BCUT2D eigenvalue weighted by atomic mass is 9.85. The first-order valence-corrected chi connectivity index (χ1v) is 8.52. The van der Waals surface area contributed by atoms with Crippen molar-refractivity contribution >= 4 is 5.91 Å². The maximum absolute atomic E-state index is 12.4. The van der Waals surface area contributed by atoms with Gasteiger partial charge in [-0.25, -0.2) is 0 Å². The highest BCUT2D eigenvalue weighted by Crippen LogP contribution is 2.41. The zero-order chi connectivity index (χ0) is 16.6. The third-order valence-electron chi connectivity index (χ3n) is 4.97. The minimum atomic E-state index is -0.969. The largest absolute Gasteiger partial charge is 0.377 e. The molecular formula is C20H25NO2. The molecule has 122 valence electrons. The van der Waals surface area contributed by atoms with Crippen molar-refractivity contribution in [1.82, 2.24) is 4.90 Å². The number of benzene rings is 1. The van der Waals surface area contributed by atoms with Gasteiger partial charge in [0, 0.05) is 36.4 Å². The summed E-state index contributed by atoms with van der Waals surface area (Å²) in [6, 6.07) is 8.30. The van der Waals surface area contributed by atoms with Gasteiger partial charge in [-0.15, -0.1) is 0 Å². The van der Waals surface area contributed by atoms with Gasteiger partial charge in [-0.2, -0.15) is 0 Å². The van der Waals surface area contributed by atoms with Crippen molar-refractivity contribution in [1.29, 1.82) is 0 Å². The number of amides is 1. The molecule has 23 heavy (non-hydrogen) atoms. The van der Waals surface area contributed by atoms with Crippen LogP contribution in [0.25, 0.3) is 0 Å². The van der Waals surface area contributed by atoms with E-state index in [-0.39, 0.29) is 23.9 Å². The Morgan fingerprint density at radius 1 is 1.30 bits per heavy atom. The Kier molecular flexibility index (Phi) is 4.21. The van der Waals surface area contributed by atoms with Crippen molar-refractivity contribution in [3.05, 3.63) is 35.4 Å². The minimum Gasteiger partial charge on any atom is -0.377 e. The van der Waals surface area contributed by atoms with E-state index in [0.717, 1.165) is 18.4 Å². The summed E-state index contributed by atoms with van der Waals surface area (Å²) in [6.45, 7) is 5.93. The smallest absolute Gasteiger partial charge is 0.225 e. The molecule has 2 bridgehead atoms. The Bertz CT molecular complexity index is 654. The van der Waals surface area contributed by atoms with E-state index in [9.17, 15) is 9.90 Å². The van der Waals surface area contributed by atoms with E-state index in [1.165, 1.54) is 5.56 Å². The molecule has 3 rings (SSSR count). The number of piperidine rings is 1. The Balaban J connectivity index is 1.78. The summed E-state index contributed by atoms with van der Waals surface area (Å²) in [5.74, 6) is 6.46. The maximum atomic E-state index is 12.4. The lowest BCUT2D eigenvalue weighted by Crippen LogP contribution is -2.53. The topological polar surface area (TPSA) is 40.5 Å². The van der Waals surface area contributed by atoms with Crippen molar-refractivity contribution in [2.24, 2.45) is 5.92 Å². The highest BCUT2D eigenvalue weighted by molar-refractivity contribution is 5.79. The van der Waals surface area contributed by atoms with E-state index in [2.05, 4.69) is 11.8 Å². The molecule has 2 unspecified atom stereocenters. The molecule has 1 aromatic carbocycles. The van der Waals surface area contributed by atoms with E-state index in [1.54, 1.807) is 0 Å². The number of carbonyl (C=O) groups is 1. The van der Waals surface area contributed by atoms with Crippen LogP contribution in [0.5, 0.6) is 0 Å². The molecule has 3 heteroatoms. The molecule has 0 saturated carbocycles. The molecule has 2 aliphatic heterocycles. The molecule has 2 atom stereocenters. The van der Waals surface area contributed by atoms with Crippen LogP contribution in [0.3, 0.4) is 0 Å². The number of fused-ring (bicyclic) bond motifs is 2. The SMILES string of the molecule is Cc1cccc(C#CC2(O)CC3CCC(C2)N3C(=O)C(C)C)c1. The van der Waals surface area contributed by atoms with Gasteiger partial charge in [0.25, 0.3) is 0 Å². The highest BCUT2D eigenvalue weighted by Gasteiger charge is 2.48. The fraction of sp³-hybridized carbons (Fsp3) is 0.550.